The summed E-state index contributed by atoms with van der Waals surface area (Å²) < 4.78 is 97.1. The van der Waals surface area contributed by atoms with Crippen LogP contribution in [0, 0.1) is 12.7 Å². The van der Waals surface area contributed by atoms with Crippen LogP contribution in [0.2, 0.25) is 5.02 Å². The maximum Gasteiger partial charge on any atom is 0.416 e. The molecule has 14 heteroatoms. The third kappa shape index (κ3) is 5.28. The molecule has 206 valence electrons. The van der Waals surface area contributed by atoms with Crippen LogP contribution in [0.1, 0.15) is 22.5 Å². The van der Waals surface area contributed by atoms with Crippen molar-refractivity contribution in [3.8, 4) is 28.5 Å². The van der Waals surface area contributed by atoms with Gasteiger partial charge in [-0.2, -0.15) is 26.3 Å². The van der Waals surface area contributed by atoms with E-state index in [0.717, 1.165) is 6.07 Å². The first-order valence-electron chi connectivity index (χ1n) is 11.5. The highest BCUT2D eigenvalue weighted by Gasteiger charge is 2.37. The Labute approximate surface area is 226 Å². The SMILES string of the molecule is Cc1nnc(-c2nnn(Cc3cc(C(F)(F)F)cc(C(F)(F)F)c3)c2-c2ccccc2)n1-c1ccc(F)cc1Cl. The highest BCUT2D eigenvalue weighted by molar-refractivity contribution is 6.32. The number of aromatic nitrogens is 6. The predicted molar refractivity (Wildman–Crippen MR) is 131 cm³/mol. The zero-order valence-electron chi connectivity index (χ0n) is 20.3. The number of nitrogens with zero attached hydrogens (tertiary/aromatic N) is 6. The number of hydrogen-bond donors (Lipinski definition) is 0. The smallest absolute Gasteiger partial charge is 0.276 e. The highest BCUT2D eigenvalue weighted by atomic mass is 35.5. The first-order chi connectivity index (χ1) is 18.8. The fraction of sp³-hybridized carbons (Fsp3) is 0.154. The standard InChI is InChI=1S/C26H16ClF7N6/c1-14-35-37-24(40(14)21-8-7-19(28)12-20(21)27)22-23(16-5-3-2-4-6-16)39(38-36-22)13-15-9-17(25(29,30)31)11-18(10-15)26(32,33)34/h2-12H,13H2,1H3. The van der Waals surface area contributed by atoms with Gasteiger partial charge in [0.15, 0.2) is 11.5 Å². The molecular formula is C26H16ClF7N6. The van der Waals surface area contributed by atoms with Crippen LogP contribution in [0.5, 0.6) is 0 Å². The van der Waals surface area contributed by atoms with E-state index in [9.17, 15) is 30.7 Å². The van der Waals surface area contributed by atoms with Crippen molar-refractivity contribution in [3.05, 3.63) is 100 Å². The molecule has 0 aliphatic carbocycles. The van der Waals surface area contributed by atoms with Gasteiger partial charge in [0, 0.05) is 5.56 Å². The first-order valence-corrected chi connectivity index (χ1v) is 11.9. The summed E-state index contributed by atoms with van der Waals surface area (Å²) in [4.78, 5) is 0. The molecule has 0 saturated heterocycles. The van der Waals surface area contributed by atoms with Gasteiger partial charge in [0.25, 0.3) is 0 Å². The van der Waals surface area contributed by atoms with E-state index in [-0.39, 0.29) is 33.9 Å². The molecule has 2 heterocycles. The molecule has 0 saturated carbocycles. The summed E-state index contributed by atoms with van der Waals surface area (Å²) in [5.41, 5.74) is -1.99. The number of hydrogen-bond acceptors (Lipinski definition) is 4. The molecule has 5 rings (SSSR count). The van der Waals surface area contributed by atoms with Crippen LogP contribution in [0.15, 0.2) is 66.7 Å². The van der Waals surface area contributed by atoms with Crippen molar-refractivity contribution in [3.63, 3.8) is 0 Å². The van der Waals surface area contributed by atoms with Crippen molar-refractivity contribution < 1.29 is 30.7 Å². The molecule has 0 fully saturated rings. The molecule has 40 heavy (non-hydrogen) atoms. The van der Waals surface area contributed by atoms with Gasteiger partial charge in [0.05, 0.1) is 28.4 Å². The molecule has 0 bridgehead atoms. The van der Waals surface area contributed by atoms with Crippen LogP contribution in [-0.2, 0) is 18.9 Å². The number of alkyl halides is 6. The van der Waals surface area contributed by atoms with E-state index in [1.165, 1.54) is 21.4 Å². The molecule has 5 aromatic rings. The van der Waals surface area contributed by atoms with Gasteiger partial charge < -0.3 is 0 Å². The Morgan fingerprint density at radius 1 is 0.800 bits per heavy atom. The molecule has 0 aliphatic heterocycles. The summed E-state index contributed by atoms with van der Waals surface area (Å²) in [6.07, 6.45) is -10.0. The van der Waals surface area contributed by atoms with Crippen LogP contribution in [-0.4, -0.2) is 29.8 Å². The summed E-state index contributed by atoms with van der Waals surface area (Å²) >= 11 is 6.28. The summed E-state index contributed by atoms with van der Waals surface area (Å²) in [5, 5.41) is 16.5. The van der Waals surface area contributed by atoms with Gasteiger partial charge >= 0.3 is 12.4 Å². The predicted octanol–water partition coefficient (Wildman–Crippen LogP) is 7.38. The van der Waals surface area contributed by atoms with Gasteiger partial charge in [-0.25, -0.2) is 9.07 Å². The largest absolute Gasteiger partial charge is 0.416 e. The molecule has 0 amide bonds. The van der Waals surface area contributed by atoms with Gasteiger partial charge in [0.2, 0.25) is 0 Å². The minimum Gasteiger partial charge on any atom is -0.276 e. The third-order valence-corrected chi connectivity index (χ3v) is 6.25. The van der Waals surface area contributed by atoms with E-state index >= 15 is 0 Å². The normalized spacial score (nSPS) is 12.2. The van der Waals surface area contributed by atoms with Crippen molar-refractivity contribution in [2.75, 3.05) is 0 Å². The van der Waals surface area contributed by atoms with Crippen molar-refractivity contribution in [1.29, 1.82) is 0 Å². The Morgan fingerprint density at radius 3 is 2.05 bits per heavy atom. The van der Waals surface area contributed by atoms with Crippen LogP contribution < -0.4 is 0 Å². The van der Waals surface area contributed by atoms with Gasteiger partial charge in [-0.3, -0.25) is 4.57 Å². The maximum absolute atomic E-state index is 13.7. The van der Waals surface area contributed by atoms with E-state index in [2.05, 4.69) is 20.5 Å². The second-order valence-electron chi connectivity index (χ2n) is 8.73. The molecule has 6 nitrogen and oxygen atoms in total. The van der Waals surface area contributed by atoms with Crippen LogP contribution >= 0.6 is 11.6 Å². The van der Waals surface area contributed by atoms with Crippen LogP contribution in [0.4, 0.5) is 30.7 Å². The number of aryl methyl sites for hydroxylation is 1. The minimum absolute atomic E-state index is 0.0430. The number of halogens is 8. The molecule has 3 aromatic carbocycles. The topological polar surface area (TPSA) is 61.4 Å². The number of rotatable bonds is 5. The molecule has 2 aromatic heterocycles. The lowest BCUT2D eigenvalue weighted by atomic mass is 10.0. The van der Waals surface area contributed by atoms with Crippen LogP contribution in [0.3, 0.4) is 0 Å². The molecule has 0 aliphatic rings. The lowest BCUT2D eigenvalue weighted by Crippen LogP contribution is -2.13. The molecule has 0 atom stereocenters. The summed E-state index contributed by atoms with van der Waals surface area (Å²) in [7, 11) is 0. The Morgan fingerprint density at radius 2 is 1.45 bits per heavy atom. The van der Waals surface area contributed by atoms with Crippen molar-refractivity contribution in [1.82, 2.24) is 29.8 Å². The molecule has 0 radical (unpaired) electrons. The Hall–Kier alpha value is -4.26. The van der Waals surface area contributed by atoms with E-state index in [4.69, 9.17) is 11.6 Å². The lowest BCUT2D eigenvalue weighted by Gasteiger charge is -2.15. The molecule has 0 spiro atoms. The summed E-state index contributed by atoms with van der Waals surface area (Å²) in [6.45, 7) is 1.14. The summed E-state index contributed by atoms with van der Waals surface area (Å²) in [5.74, 6) is -0.0999. The highest BCUT2D eigenvalue weighted by Crippen LogP contribution is 2.38. The zero-order chi connectivity index (χ0) is 28.8. The summed E-state index contributed by atoms with van der Waals surface area (Å²) in [6, 6.07) is 13.5. The Balaban J connectivity index is 1.69. The van der Waals surface area contributed by atoms with Crippen molar-refractivity contribution in [2.45, 2.75) is 25.8 Å². The third-order valence-electron chi connectivity index (χ3n) is 5.95. The monoisotopic (exact) mass is 580 g/mol. The van der Waals surface area contributed by atoms with E-state index in [1.807, 2.05) is 0 Å². The van der Waals surface area contributed by atoms with E-state index in [1.54, 1.807) is 37.3 Å². The van der Waals surface area contributed by atoms with E-state index in [0.29, 0.717) is 29.2 Å². The maximum atomic E-state index is 13.7. The lowest BCUT2D eigenvalue weighted by molar-refractivity contribution is -0.143. The first kappa shape index (κ1) is 27.3. The average molecular weight is 581 g/mol. The van der Waals surface area contributed by atoms with E-state index < -0.39 is 35.8 Å². The molecule has 0 unspecified atom stereocenters. The minimum atomic E-state index is -5.01. The van der Waals surface area contributed by atoms with Gasteiger partial charge in [-0.1, -0.05) is 47.1 Å². The molecular weight excluding hydrogens is 565 g/mol. The Kier molecular flexibility index (Phi) is 6.86. The second-order valence-corrected chi connectivity index (χ2v) is 9.13. The zero-order valence-corrected chi connectivity index (χ0v) is 21.0. The quantitative estimate of drug-likeness (QED) is 0.204. The van der Waals surface area contributed by atoms with Crippen LogP contribution in [0.25, 0.3) is 28.5 Å². The van der Waals surface area contributed by atoms with Gasteiger partial charge in [-0.15, -0.1) is 15.3 Å². The van der Waals surface area contributed by atoms with Gasteiger partial charge in [-0.05, 0) is 48.9 Å². The van der Waals surface area contributed by atoms with Crippen molar-refractivity contribution in [2.24, 2.45) is 0 Å². The molecule has 0 N–H and O–H groups in total. The number of benzene rings is 3. The van der Waals surface area contributed by atoms with Gasteiger partial charge in [0.1, 0.15) is 17.3 Å². The Bertz CT molecular complexity index is 1660. The fourth-order valence-corrected chi connectivity index (χ4v) is 4.46. The second kappa shape index (κ2) is 10.0. The average Bonchev–Trinajstić information content (AvgIpc) is 3.46. The van der Waals surface area contributed by atoms with Crippen molar-refractivity contribution >= 4 is 11.6 Å². The fourth-order valence-electron chi connectivity index (χ4n) is 4.21.